The Bertz CT molecular complexity index is 947. The molecule has 1 fully saturated rings. The van der Waals surface area contributed by atoms with Gasteiger partial charge in [-0.15, -0.1) is 0 Å². The lowest BCUT2D eigenvalue weighted by Gasteiger charge is -2.22. The summed E-state index contributed by atoms with van der Waals surface area (Å²) in [5.41, 5.74) is 3.39. The molecule has 1 saturated heterocycles. The van der Waals surface area contributed by atoms with Gasteiger partial charge in [0, 0.05) is 54.5 Å². The number of para-hydroxylation sites is 1. The van der Waals surface area contributed by atoms with E-state index < -0.39 is 0 Å². The minimum absolute atomic E-state index is 0.00185. The number of aliphatic hydroxyl groups is 1. The van der Waals surface area contributed by atoms with Crippen LogP contribution in [-0.4, -0.2) is 53.4 Å². The molecular formula is C21H24N2O3. The number of hydrogen-bond acceptors (Lipinski definition) is 3. The standard InChI is InChI=1S/C21H24N2O3/c1-22-19-5-3-2-4-17(19)18-10-15(6-7-20(18)22)11-21(25)23-8-9-26-14-16(12-23)13-24/h2-7,10,16,24H,8-9,11-14H2,1H3/t16-/m1/s1. The van der Waals surface area contributed by atoms with Gasteiger partial charge in [-0.2, -0.15) is 0 Å². The Balaban J connectivity index is 1.61. The average molecular weight is 352 g/mol. The third-order valence-electron chi connectivity index (χ3n) is 5.28. The summed E-state index contributed by atoms with van der Waals surface area (Å²) in [6, 6.07) is 14.6. The van der Waals surface area contributed by atoms with Gasteiger partial charge in [0.05, 0.1) is 19.6 Å². The maximum Gasteiger partial charge on any atom is 0.227 e. The van der Waals surface area contributed by atoms with E-state index in [0.717, 1.165) is 5.56 Å². The van der Waals surface area contributed by atoms with Crippen molar-refractivity contribution >= 4 is 27.7 Å². The predicted molar refractivity (Wildman–Crippen MR) is 102 cm³/mol. The zero-order valence-corrected chi connectivity index (χ0v) is 15.0. The number of aromatic nitrogens is 1. The van der Waals surface area contributed by atoms with Crippen molar-refractivity contribution in [1.29, 1.82) is 0 Å². The number of fused-ring (bicyclic) bond motifs is 3. The Labute approximate surface area is 152 Å². The van der Waals surface area contributed by atoms with Crippen LogP contribution < -0.4 is 0 Å². The number of rotatable bonds is 3. The van der Waals surface area contributed by atoms with Gasteiger partial charge in [0.1, 0.15) is 0 Å². The van der Waals surface area contributed by atoms with E-state index in [2.05, 4.69) is 35.9 Å². The molecule has 0 spiro atoms. The first kappa shape index (κ1) is 17.1. The molecule has 1 aliphatic rings. The summed E-state index contributed by atoms with van der Waals surface area (Å²) in [4.78, 5) is 14.6. The second-order valence-corrected chi connectivity index (χ2v) is 7.07. The first-order valence-electron chi connectivity index (χ1n) is 9.10. The molecule has 1 amide bonds. The molecule has 2 aromatic carbocycles. The summed E-state index contributed by atoms with van der Waals surface area (Å²) in [5, 5.41) is 11.8. The van der Waals surface area contributed by atoms with Gasteiger partial charge in [-0.3, -0.25) is 4.79 Å². The summed E-state index contributed by atoms with van der Waals surface area (Å²) in [6.07, 6.45) is 0.372. The van der Waals surface area contributed by atoms with Crippen LogP contribution >= 0.6 is 0 Å². The van der Waals surface area contributed by atoms with Gasteiger partial charge in [0.25, 0.3) is 0 Å². The van der Waals surface area contributed by atoms with Crippen LogP contribution in [0.1, 0.15) is 5.56 Å². The van der Waals surface area contributed by atoms with E-state index in [9.17, 15) is 9.90 Å². The van der Waals surface area contributed by atoms with Crippen LogP contribution in [0.5, 0.6) is 0 Å². The molecule has 1 atom stereocenters. The second kappa shape index (κ2) is 7.09. The first-order chi connectivity index (χ1) is 12.7. The Morgan fingerprint density at radius 3 is 2.85 bits per heavy atom. The number of carbonyl (C=O) groups is 1. The van der Waals surface area contributed by atoms with E-state index in [1.807, 2.05) is 23.1 Å². The lowest BCUT2D eigenvalue weighted by molar-refractivity contribution is -0.131. The Kier molecular flexibility index (Phi) is 4.66. The van der Waals surface area contributed by atoms with E-state index in [1.165, 1.54) is 21.8 Å². The quantitative estimate of drug-likeness (QED) is 0.787. The number of benzene rings is 2. The molecule has 5 heteroatoms. The molecule has 2 heterocycles. The van der Waals surface area contributed by atoms with Crippen LogP contribution in [0, 0.1) is 5.92 Å². The van der Waals surface area contributed by atoms with Gasteiger partial charge in [-0.05, 0) is 23.8 Å². The summed E-state index contributed by atoms with van der Waals surface area (Å²) in [5.74, 6) is 0.0931. The van der Waals surface area contributed by atoms with Gasteiger partial charge in [-0.25, -0.2) is 0 Å². The molecule has 4 rings (SSSR count). The number of aryl methyl sites for hydroxylation is 1. The molecule has 0 radical (unpaired) electrons. The summed E-state index contributed by atoms with van der Waals surface area (Å²) in [6.45, 7) is 2.25. The number of hydrogen-bond donors (Lipinski definition) is 1. The number of amides is 1. The molecule has 0 aliphatic carbocycles. The second-order valence-electron chi connectivity index (χ2n) is 7.07. The van der Waals surface area contributed by atoms with Crippen molar-refractivity contribution in [3.63, 3.8) is 0 Å². The summed E-state index contributed by atoms with van der Waals surface area (Å²) in [7, 11) is 2.07. The van der Waals surface area contributed by atoms with E-state index >= 15 is 0 Å². The monoisotopic (exact) mass is 352 g/mol. The van der Waals surface area contributed by atoms with Crippen LogP contribution in [-0.2, 0) is 23.0 Å². The average Bonchev–Trinajstić information content (AvgIpc) is 2.83. The fraction of sp³-hybridized carbons (Fsp3) is 0.381. The van der Waals surface area contributed by atoms with E-state index in [0.29, 0.717) is 32.7 Å². The van der Waals surface area contributed by atoms with E-state index in [4.69, 9.17) is 4.74 Å². The Hall–Kier alpha value is -2.37. The van der Waals surface area contributed by atoms with Crippen molar-refractivity contribution < 1.29 is 14.6 Å². The molecular weight excluding hydrogens is 328 g/mol. The molecule has 26 heavy (non-hydrogen) atoms. The first-order valence-corrected chi connectivity index (χ1v) is 9.10. The van der Waals surface area contributed by atoms with Crippen LogP contribution in [0.25, 0.3) is 21.8 Å². The SMILES string of the molecule is Cn1c2ccccc2c2cc(CC(=O)N3CCOC[C@@H](CO)C3)ccc21. The lowest BCUT2D eigenvalue weighted by atomic mass is 10.1. The zero-order valence-electron chi connectivity index (χ0n) is 15.0. The molecule has 3 aromatic rings. The zero-order chi connectivity index (χ0) is 18.1. The smallest absolute Gasteiger partial charge is 0.227 e. The van der Waals surface area contributed by atoms with Crippen LogP contribution in [0.4, 0.5) is 0 Å². The van der Waals surface area contributed by atoms with Crippen molar-refractivity contribution in [3.8, 4) is 0 Å². The van der Waals surface area contributed by atoms with Crippen molar-refractivity contribution in [2.45, 2.75) is 6.42 Å². The number of carbonyl (C=O) groups excluding carboxylic acids is 1. The van der Waals surface area contributed by atoms with Crippen molar-refractivity contribution in [3.05, 3.63) is 48.0 Å². The lowest BCUT2D eigenvalue weighted by Crippen LogP contribution is -2.37. The highest BCUT2D eigenvalue weighted by Crippen LogP contribution is 2.28. The third kappa shape index (κ3) is 3.08. The Morgan fingerprint density at radius 1 is 1.19 bits per heavy atom. The minimum Gasteiger partial charge on any atom is -0.396 e. The van der Waals surface area contributed by atoms with Crippen molar-refractivity contribution in [1.82, 2.24) is 9.47 Å². The molecule has 0 unspecified atom stereocenters. The fourth-order valence-electron chi connectivity index (χ4n) is 3.83. The number of aliphatic hydroxyl groups excluding tert-OH is 1. The number of nitrogens with zero attached hydrogens (tertiary/aromatic N) is 2. The topological polar surface area (TPSA) is 54.7 Å². The highest BCUT2D eigenvalue weighted by atomic mass is 16.5. The van der Waals surface area contributed by atoms with Crippen LogP contribution in [0.15, 0.2) is 42.5 Å². The minimum atomic E-state index is 0.00185. The van der Waals surface area contributed by atoms with Crippen LogP contribution in [0.2, 0.25) is 0 Å². The van der Waals surface area contributed by atoms with Crippen LogP contribution in [0.3, 0.4) is 0 Å². The maximum absolute atomic E-state index is 12.8. The van der Waals surface area contributed by atoms with Crippen molar-refractivity contribution in [2.75, 3.05) is 32.9 Å². The molecule has 1 aromatic heterocycles. The normalized spacial score (nSPS) is 18.4. The fourth-order valence-corrected chi connectivity index (χ4v) is 3.83. The predicted octanol–water partition coefficient (Wildman–Crippen LogP) is 2.34. The maximum atomic E-state index is 12.8. The summed E-state index contributed by atoms with van der Waals surface area (Å²) >= 11 is 0. The third-order valence-corrected chi connectivity index (χ3v) is 5.28. The number of ether oxygens (including phenoxy) is 1. The molecule has 0 bridgehead atoms. The summed E-state index contributed by atoms with van der Waals surface area (Å²) < 4.78 is 7.67. The molecule has 0 saturated carbocycles. The van der Waals surface area contributed by atoms with E-state index in [-0.39, 0.29) is 18.4 Å². The highest BCUT2D eigenvalue weighted by molar-refractivity contribution is 6.08. The molecule has 5 nitrogen and oxygen atoms in total. The van der Waals surface area contributed by atoms with Gasteiger partial charge in [0.15, 0.2) is 0 Å². The van der Waals surface area contributed by atoms with Crippen molar-refractivity contribution in [2.24, 2.45) is 13.0 Å². The van der Waals surface area contributed by atoms with Gasteiger partial charge < -0.3 is 19.3 Å². The Morgan fingerprint density at radius 2 is 2.00 bits per heavy atom. The molecule has 136 valence electrons. The van der Waals surface area contributed by atoms with Gasteiger partial charge in [0.2, 0.25) is 5.91 Å². The molecule has 1 aliphatic heterocycles. The highest BCUT2D eigenvalue weighted by Gasteiger charge is 2.22. The van der Waals surface area contributed by atoms with E-state index in [1.54, 1.807) is 0 Å². The van der Waals surface area contributed by atoms with Gasteiger partial charge in [-0.1, -0.05) is 24.3 Å². The van der Waals surface area contributed by atoms with Gasteiger partial charge >= 0.3 is 0 Å². The molecule has 1 N–H and O–H groups in total. The largest absolute Gasteiger partial charge is 0.396 e.